The van der Waals surface area contributed by atoms with Gasteiger partial charge in [-0.15, -0.1) is 0 Å². The summed E-state index contributed by atoms with van der Waals surface area (Å²) in [6, 6.07) is 12.0. The molecule has 0 saturated carbocycles. The van der Waals surface area contributed by atoms with Crippen molar-refractivity contribution >= 4 is 23.3 Å². The van der Waals surface area contributed by atoms with Crippen LogP contribution in [0.5, 0.6) is 0 Å². The third-order valence-corrected chi connectivity index (χ3v) is 4.80. The highest BCUT2D eigenvalue weighted by Gasteiger charge is 2.25. The Labute approximate surface area is 162 Å². The lowest BCUT2D eigenvalue weighted by Crippen LogP contribution is -2.37. The Morgan fingerprint density at radius 1 is 1.25 bits per heavy atom. The molecule has 1 amide bonds. The van der Waals surface area contributed by atoms with Gasteiger partial charge >= 0.3 is 5.97 Å². The minimum absolute atomic E-state index is 0.0380. The van der Waals surface area contributed by atoms with Gasteiger partial charge in [0, 0.05) is 42.5 Å². The Bertz CT molecular complexity index is 928. The number of amides is 1. The molecule has 0 bridgehead atoms. The van der Waals surface area contributed by atoms with Crippen molar-refractivity contribution in [3.05, 3.63) is 69.3 Å². The molecule has 0 aromatic heterocycles. The fourth-order valence-electron chi connectivity index (χ4n) is 3.45. The summed E-state index contributed by atoms with van der Waals surface area (Å²) in [4.78, 5) is 36.9. The van der Waals surface area contributed by atoms with Crippen LogP contribution in [0, 0.1) is 10.1 Å². The molecule has 1 aliphatic rings. The SMILES string of the molecule is COC(=O)c1cc(C(=O)NCCN2c3ccccc3CC2C)cc([N+](=O)[O-])c1. The van der Waals surface area contributed by atoms with Gasteiger partial charge in [0.1, 0.15) is 0 Å². The zero-order chi connectivity index (χ0) is 20.3. The first-order chi connectivity index (χ1) is 13.4. The second-order valence-electron chi connectivity index (χ2n) is 6.65. The number of ether oxygens (including phenoxy) is 1. The Hall–Kier alpha value is -3.42. The molecule has 8 heteroatoms. The molecule has 0 radical (unpaired) electrons. The van der Waals surface area contributed by atoms with Gasteiger partial charge in [-0.05, 0) is 31.0 Å². The molecule has 8 nitrogen and oxygen atoms in total. The molecule has 2 aromatic rings. The van der Waals surface area contributed by atoms with Crippen molar-refractivity contribution in [2.24, 2.45) is 0 Å². The highest BCUT2D eigenvalue weighted by molar-refractivity contribution is 5.99. The van der Waals surface area contributed by atoms with E-state index >= 15 is 0 Å². The number of nitrogens with one attached hydrogen (secondary N) is 1. The number of anilines is 1. The number of methoxy groups -OCH3 is 1. The first kappa shape index (κ1) is 19.3. The number of hydrogen-bond donors (Lipinski definition) is 1. The van der Waals surface area contributed by atoms with Crippen LogP contribution in [0.4, 0.5) is 11.4 Å². The molecule has 1 unspecified atom stereocenters. The van der Waals surface area contributed by atoms with Gasteiger partial charge in [0.25, 0.3) is 11.6 Å². The number of esters is 1. The lowest BCUT2D eigenvalue weighted by molar-refractivity contribution is -0.384. The van der Waals surface area contributed by atoms with E-state index in [-0.39, 0.29) is 16.8 Å². The molecule has 2 aromatic carbocycles. The smallest absolute Gasteiger partial charge is 0.338 e. The van der Waals surface area contributed by atoms with Crippen molar-refractivity contribution in [2.75, 3.05) is 25.1 Å². The number of nitro benzene ring substituents is 1. The van der Waals surface area contributed by atoms with Crippen LogP contribution in [0.3, 0.4) is 0 Å². The van der Waals surface area contributed by atoms with Crippen LogP contribution in [-0.4, -0.2) is 43.0 Å². The number of carbonyl (C=O) groups is 2. The van der Waals surface area contributed by atoms with E-state index in [4.69, 9.17) is 0 Å². The fourth-order valence-corrected chi connectivity index (χ4v) is 3.45. The first-order valence-corrected chi connectivity index (χ1v) is 8.91. The maximum atomic E-state index is 12.5. The Kier molecular flexibility index (Phi) is 5.58. The summed E-state index contributed by atoms with van der Waals surface area (Å²) < 4.78 is 4.60. The Morgan fingerprint density at radius 2 is 1.96 bits per heavy atom. The van der Waals surface area contributed by atoms with Crippen LogP contribution < -0.4 is 10.2 Å². The summed E-state index contributed by atoms with van der Waals surface area (Å²) in [7, 11) is 1.18. The van der Waals surface area contributed by atoms with Crippen LogP contribution in [0.25, 0.3) is 0 Å². The summed E-state index contributed by atoms with van der Waals surface area (Å²) in [5.41, 5.74) is 2.11. The van der Waals surface area contributed by atoms with E-state index in [1.165, 1.54) is 18.7 Å². The number of fused-ring (bicyclic) bond motifs is 1. The zero-order valence-electron chi connectivity index (χ0n) is 15.7. The number of rotatable bonds is 6. The summed E-state index contributed by atoms with van der Waals surface area (Å²) in [5, 5.41) is 13.9. The maximum Gasteiger partial charge on any atom is 0.338 e. The average Bonchev–Trinajstić information content (AvgIpc) is 3.02. The monoisotopic (exact) mass is 383 g/mol. The van der Waals surface area contributed by atoms with Crippen molar-refractivity contribution in [3.63, 3.8) is 0 Å². The van der Waals surface area contributed by atoms with Gasteiger partial charge < -0.3 is 15.0 Å². The Morgan fingerprint density at radius 3 is 2.68 bits per heavy atom. The van der Waals surface area contributed by atoms with E-state index in [2.05, 4.69) is 34.0 Å². The van der Waals surface area contributed by atoms with Crippen molar-refractivity contribution in [2.45, 2.75) is 19.4 Å². The highest BCUT2D eigenvalue weighted by atomic mass is 16.6. The molecule has 0 spiro atoms. The van der Waals surface area contributed by atoms with Crippen molar-refractivity contribution in [3.8, 4) is 0 Å². The van der Waals surface area contributed by atoms with Crippen LogP contribution in [0.15, 0.2) is 42.5 Å². The average molecular weight is 383 g/mol. The first-order valence-electron chi connectivity index (χ1n) is 8.91. The van der Waals surface area contributed by atoms with Gasteiger partial charge in [-0.1, -0.05) is 18.2 Å². The third kappa shape index (κ3) is 3.95. The minimum Gasteiger partial charge on any atom is -0.465 e. The van der Waals surface area contributed by atoms with E-state index in [1.54, 1.807) is 0 Å². The number of para-hydroxylation sites is 1. The van der Waals surface area contributed by atoms with Crippen LogP contribution in [-0.2, 0) is 11.2 Å². The highest BCUT2D eigenvalue weighted by Crippen LogP contribution is 2.31. The lowest BCUT2D eigenvalue weighted by Gasteiger charge is -2.25. The molecule has 1 atom stereocenters. The summed E-state index contributed by atoms with van der Waals surface area (Å²) in [5.74, 6) is -1.21. The van der Waals surface area contributed by atoms with Gasteiger partial charge in [0.2, 0.25) is 0 Å². The van der Waals surface area contributed by atoms with Gasteiger partial charge in [0.05, 0.1) is 17.6 Å². The van der Waals surface area contributed by atoms with Crippen LogP contribution in [0.1, 0.15) is 33.2 Å². The topological polar surface area (TPSA) is 102 Å². The number of non-ortho nitro benzene ring substituents is 1. The van der Waals surface area contributed by atoms with E-state index in [0.717, 1.165) is 24.2 Å². The molecule has 0 aliphatic carbocycles. The van der Waals surface area contributed by atoms with Gasteiger partial charge in [-0.2, -0.15) is 0 Å². The lowest BCUT2D eigenvalue weighted by atomic mass is 10.1. The predicted molar refractivity (Wildman–Crippen MR) is 104 cm³/mol. The second-order valence-corrected chi connectivity index (χ2v) is 6.65. The number of nitrogens with zero attached hydrogens (tertiary/aromatic N) is 2. The summed E-state index contributed by atoms with van der Waals surface area (Å²) in [6.07, 6.45) is 0.956. The molecule has 28 heavy (non-hydrogen) atoms. The molecular formula is C20H21N3O5. The summed E-state index contributed by atoms with van der Waals surface area (Å²) >= 11 is 0. The van der Waals surface area contributed by atoms with E-state index in [9.17, 15) is 19.7 Å². The van der Waals surface area contributed by atoms with Crippen LogP contribution >= 0.6 is 0 Å². The zero-order valence-corrected chi connectivity index (χ0v) is 15.7. The molecule has 3 rings (SSSR count). The van der Waals surface area contributed by atoms with Gasteiger partial charge in [-0.3, -0.25) is 14.9 Å². The van der Waals surface area contributed by atoms with Crippen LogP contribution in [0.2, 0.25) is 0 Å². The third-order valence-electron chi connectivity index (χ3n) is 4.80. The molecule has 146 valence electrons. The molecule has 1 N–H and O–H groups in total. The largest absolute Gasteiger partial charge is 0.465 e. The number of carbonyl (C=O) groups excluding carboxylic acids is 2. The molecule has 0 saturated heterocycles. The van der Waals surface area contributed by atoms with Crippen molar-refractivity contribution in [1.82, 2.24) is 5.32 Å². The second kappa shape index (κ2) is 8.08. The predicted octanol–water partition coefficient (Wildman–Crippen LogP) is 2.56. The molecule has 1 aliphatic heterocycles. The van der Waals surface area contributed by atoms with Gasteiger partial charge in [-0.25, -0.2) is 4.79 Å². The normalized spacial score (nSPS) is 15.1. The standard InChI is InChI=1S/C20H21N3O5/c1-13-9-14-5-3-4-6-18(14)22(13)8-7-21-19(24)15-10-16(20(25)28-2)12-17(11-15)23(26)27/h3-6,10-13H,7-9H2,1-2H3,(H,21,24). The number of benzene rings is 2. The number of hydrogen-bond acceptors (Lipinski definition) is 6. The molecule has 0 fully saturated rings. The maximum absolute atomic E-state index is 12.5. The van der Waals surface area contributed by atoms with Crippen molar-refractivity contribution < 1.29 is 19.2 Å². The van der Waals surface area contributed by atoms with E-state index in [1.807, 2.05) is 12.1 Å². The minimum atomic E-state index is -0.736. The quantitative estimate of drug-likeness (QED) is 0.467. The molecular weight excluding hydrogens is 362 g/mol. The fraction of sp³-hybridized carbons (Fsp3) is 0.300. The Balaban J connectivity index is 1.69. The number of nitro groups is 1. The molecule has 1 heterocycles. The van der Waals surface area contributed by atoms with Crippen molar-refractivity contribution in [1.29, 1.82) is 0 Å². The van der Waals surface area contributed by atoms with E-state index < -0.39 is 16.8 Å². The van der Waals surface area contributed by atoms with E-state index in [0.29, 0.717) is 19.1 Å². The van der Waals surface area contributed by atoms with Gasteiger partial charge in [0.15, 0.2) is 0 Å². The summed E-state index contributed by atoms with van der Waals surface area (Å²) in [6.45, 7) is 3.11.